The SMILES string of the molecule is Cc1nc(C)n(C[C@@H]2CCCCN2Cc2ccc(C#N)cc2F)n1. The van der Waals surface area contributed by atoms with Crippen molar-refractivity contribution in [2.45, 2.75) is 52.2 Å². The third-order valence-electron chi connectivity index (χ3n) is 4.65. The first-order valence-electron chi connectivity index (χ1n) is 8.37. The van der Waals surface area contributed by atoms with E-state index in [4.69, 9.17) is 5.26 Å². The minimum absolute atomic E-state index is 0.300. The standard InChI is InChI=1S/C18H22FN5/c1-13-21-14(2)24(22-13)12-17-5-3-4-8-23(17)11-16-7-6-15(10-20)9-18(16)19/h6-7,9,17H,3-5,8,11-12H2,1-2H3/t17-/m0/s1. The molecule has 1 aromatic carbocycles. The molecule has 2 heterocycles. The van der Waals surface area contributed by atoms with Crippen LogP contribution >= 0.6 is 0 Å². The Kier molecular flexibility index (Phi) is 4.91. The minimum Gasteiger partial charge on any atom is -0.294 e. The molecule has 1 atom stereocenters. The van der Waals surface area contributed by atoms with Gasteiger partial charge in [-0.3, -0.25) is 4.90 Å². The number of benzene rings is 1. The van der Waals surface area contributed by atoms with E-state index in [1.807, 2.05) is 24.6 Å². The van der Waals surface area contributed by atoms with Crippen LogP contribution in [0.3, 0.4) is 0 Å². The van der Waals surface area contributed by atoms with Crippen molar-refractivity contribution in [2.75, 3.05) is 6.54 Å². The molecule has 0 radical (unpaired) electrons. The second-order valence-electron chi connectivity index (χ2n) is 6.43. The van der Waals surface area contributed by atoms with Crippen molar-refractivity contribution < 1.29 is 4.39 Å². The topological polar surface area (TPSA) is 57.7 Å². The molecular formula is C18H22FN5. The maximum Gasteiger partial charge on any atom is 0.147 e. The highest BCUT2D eigenvalue weighted by molar-refractivity contribution is 5.32. The van der Waals surface area contributed by atoms with Crippen LogP contribution in [0, 0.1) is 31.0 Å². The lowest BCUT2D eigenvalue weighted by atomic mass is 10.0. The lowest BCUT2D eigenvalue weighted by Gasteiger charge is -2.35. The van der Waals surface area contributed by atoms with E-state index in [-0.39, 0.29) is 5.82 Å². The number of aromatic nitrogens is 3. The Morgan fingerprint density at radius 1 is 1.33 bits per heavy atom. The van der Waals surface area contributed by atoms with Gasteiger partial charge in [-0.25, -0.2) is 14.1 Å². The first-order chi connectivity index (χ1) is 11.6. The predicted octanol–water partition coefficient (Wildman–Crippen LogP) is 2.96. The van der Waals surface area contributed by atoms with E-state index in [2.05, 4.69) is 15.0 Å². The van der Waals surface area contributed by atoms with Gasteiger partial charge in [0.05, 0.1) is 18.2 Å². The quantitative estimate of drug-likeness (QED) is 0.866. The molecule has 0 aliphatic carbocycles. The van der Waals surface area contributed by atoms with Gasteiger partial charge in [-0.15, -0.1) is 0 Å². The Hall–Kier alpha value is -2.26. The second-order valence-corrected chi connectivity index (χ2v) is 6.43. The van der Waals surface area contributed by atoms with Crippen molar-refractivity contribution in [1.29, 1.82) is 5.26 Å². The van der Waals surface area contributed by atoms with Crippen LogP contribution in [0.25, 0.3) is 0 Å². The molecule has 6 heteroatoms. The van der Waals surface area contributed by atoms with Crippen molar-refractivity contribution in [2.24, 2.45) is 0 Å². The zero-order valence-corrected chi connectivity index (χ0v) is 14.2. The Morgan fingerprint density at radius 2 is 2.17 bits per heavy atom. The van der Waals surface area contributed by atoms with Gasteiger partial charge in [0, 0.05) is 18.2 Å². The lowest BCUT2D eigenvalue weighted by Crippen LogP contribution is -2.42. The van der Waals surface area contributed by atoms with E-state index < -0.39 is 0 Å². The van der Waals surface area contributed by atoms with Crippen LogP contribution in [0.4, 0.5) is 4.39 Å². The lowest BCUT2D eigenvalue weighted by molar-refractivity contribution is 0.120. The van der Waals surface area contributed by atoms with Crippen molar-refractivity contribution in [3.63, 3.8) is 0 Å². The maximum absolute atomic E-state index is 14.2. The van der Waals surface area contributed by atoms with Crippen LogP contribution in [-0.2, 0) is 13.1 Å². The summed E-state index contributed by atoms with van der Waals surface area (Å²) in [5.41, 5.74) is 1.01. The van der Waals surface area contributed by atoms with E-state index in [0.29, 0.717) is 23.7 Å². The van der Waals surface area contributed by atoms with Crippen molar-refractivity contribution in [3.8, 4) is 6.07 Å². The maximum atomic E-state index is 14.2. The highest BCUT2D eigenvalue weighted by Gasteiger charge is 2.24. The number of hydrogen-bond donors (Lipinski definition) is 0. The van der Waals surface area contributed by atoms with Gasteiger partial charge in [-0.1, -0.05) is 12.5 Å². The van der Waals surface area contributed by atoms with Crippen molar-refractivity contribution >= 4 is 0 Å². The van der Waals surface area contributed by atoms with Crippen LogP contribution < -0.4 is 0 Å². The fourth-order valence-corrected chi connectivity index (χ4v) is 3.37. The molecule has 1 fully saturated rings. The molecule has 0 bridgehead atoms. The Morgan fingerprint density at radius 3 is 2.83 bits per heavy atom. The molecule has 0 unspecified atom stereocenters. The number of aryl methyl sites for hydroxylation is 2. The molecule has 0 spiro atoms. The van der Waals surface area contributed by atoms with Gasteiger partial charge in [0.2, 0.25) is 0 Å². The molecule has 24 heavy (non-hydrogen) atoms. The molecule has 0 saturated carbocycles. The van der Waals surface area contributed by atoms with E-state index >= 15 is 0 Å². The van der Waals surface area contributed by atoms with Gasteiger partial charge in [-0.2, -0.15) is 10.4 Å². The monoisotopic (exact) mass is 327 g/mol. The minimum atomic E-state index is -0.300. The van der Waals surface area contributed by atoms with Crippen molar-refractivity contribution in [3.05, 3.63) is 46.8 Å². The summed E-state index contributed by atoms with van der Waals surface area (Å²) in [5, 5.41) is 13.3. The van der Waals surface area contributed by atoms with Gasteiger partial charge in [0.15, 0.2) is 0 Å². The summed E-state index contributed by atoms with van der Waals surface area (Å²) < 4.78 is 16.2. The molecule has 126 valence electrons. The number of nitriles is 1. The summed E-state index contributed by atoms with van der Waals surface area (Å²) in [4.78, 5) is 6.69. The van der Waals surface area contributed by atoms with E-state index in [9.17, 15) is 4.39 Å². The first kappa shape index (κ1) is 16.6. The predicted molar refractivity (Wildman–Crippen MR) is 88.7 cm³/mol. The number of nitrogens with zero attached hydrogens (tertiary/aromatic N) is 5. The Balaban J connectivity index is 1.75. The molecule has 1 aromatic heterocycles. The summed E-state index contributed by atoms with van der Waals surface area (Å²) in [6, 6.07) is 7.03. The molecule has 3 rings (SSSR count). The van der Waals surface area contributed by atoms with Gasteiger partial charge >= 0.3 is 0 Å². The van der Waals surface area contributed by atoms with E-state index in [0.717, 1.165) is 37.6 Å². The van der Waals surface area contributed by atoms with Crippen LogP contribution in [0.1, 0.15) is 42.0 Å². The van der Waals surface area contributed by atoms with Crippen LogP contribution in [-0.4, -0.2) is 32.3 Å². The summed E-state index contributed by atoms with van der Waals surface area (Å²) >= 11 is 0. The van der Waals surface area contributed by atoms with E-state index in [1.165, 1.54) is 12.5 Å². The van der Waals surface area contributed by atoms with Crippen LogP contribution in [0.5, 0.6) is 0 Å². The van der Waals surface area contributed by atoms with Crippen LogP contribution in [0.15, 0.2) is 18.2 Å². The summed E-state index contributed by atoms with van der Waals surface area (Å²) in [6.45, 7) is 6.16. The number of piperidine rings is 1. The zero-order valence-electron chi connectivity index (χ0n) is 14.2. The normalized spacial score (nSPS) is 18.5. The Bertz CT molecular complexity index is 761. The fraction of sp³-hybridized carbons (Fsp3) is 0.500. The van der Waals surface area contributed by atoms with Gasteiger partial charge in [0.25, 0.3) is 0 Å². The molecule has 1 aliphatic heterocycles. The number of likely N-dealkylation sites (tertiary alicyclic amines) is 1. The third kappa shape index (κ3) is 3.62. The largest absolute Gasteiger partial charge is 0.294 e. The summed E-state index contributed by atoms with van der Waals surface area (Å²) in [6.07, 6.45) is 3.39. The van der Waals surface area contributed by atoms with Gasteiger partial charge < -0.3 is 0 Å². The number of halogens is 1. The molecule has 0 N–H and O–H groups in total. The number of rotatable bonds is 4. The first-order valence-corrected chi connectivity index (χ1v) is 8.37. The fourth-order valence-electron chi connectivity index (χ4n) is 3.37. The second kappa shape index (κ2) is 7.10. The number of hydrogen-bond acceptors (Lipinski definition) is 4. The van der Waals surface area contributed by atoms with Crippen LogP contribution in [0.2, 0.25) is 0 Å². The summed E-state index contributed by atoms with van der Waals surface area (Å²) in [7, 11) is 0. The molecular weight excluding hydrogens is 305 g/mol. The zero-order chi connectivity index (χ0) is 17.1. The highest BCUT2D eigenvalue weighted by Crippen LogP contribution is 2.22. The molecule has 1 saturated heterocycles. The smallest absolute Gasteiger partial charge is 0.147 e. The van der Waals surface area contributed by atoms with Gasteiger partial charge in [0.1, 0.15) is 17.5 Å². The van der Waals surface area contributed by atoms with Crippen molar-refractivity contribution in [1.82, 2.24) is 19.7 Å². The van der Waals surface area contributed by atoms with Gasteiger partial charge in [-0.05, 0) is 45.4 Å². The average Bonchev–Trinajstić information content (AvgIpc) is 2.88. The Labute approximate surface area is 141 Å². The average molecular weight is 327 g/mol. The molecule has 1 aliphatic rings. The highest BCUT2D eigenvalue weighted by atomic mass is 19.1. The molecule has 2 aromatic rings. The summed E-state index contributed by atoms with van der Waals surface area (Å²) in [5.74, 6) is 1.40. The van der Waals surface area contributed by atoms with E-state index in [1.54, 1.807) is 12.1 Å². The molecule has 0 amide bonds. The molecule has 5 nitrogen and oxygen atoms in total. The third-order valence-corrected chi connectivity index (χ3v) is 4.65.